The Bertz CT molecular complexity index is 1150. The highest BCUT2D eigenvalue weighted by molar-refractivity contribution is 7.89. The fraction of sp³-hybridized carbons (Fsp3) is 0.435. The summed E-state index contributed by atoms with van der Waals surface area (Å²) in [4.78, 5) is 14.8. The molecule has 178 valence electrons. The lowest BCUT2D eigenvalue weighted by Crippen LogP contribution is -2.37. The van der Waals surface area contributed by atoms with Crippen molar-refractivity contribution in [2.45, 2.75) is 43.4 Å². The maximum atomic E-state index is 14.0. The summed E-state index contributed by atoms with van der Waals surface area (Å²) < 4.78 is 69.3. The number of anilines is 2. The van der Waals surface area contributed by atoms with Crippen molar-refractivity contribution in [3.8, 4) is 0 Å². The molecule has 2 aliphatic rings. The summed E-state index contributed by atoms with van der Waals surface area (Å²) in [6, 6.07) is 5.98. The highest BCUT2D eigenvalue weighted by atomic mass is 32.2. The number of hydrogen-bond donors (Lipinski definition) is 1. The molecule has 1 N–H and O–H groups in total. The quantitative estimate of drug-likeness (QED) is 0.638. The van der Waals surface area contributed by atoms with Crippen LogP contribution in [-0.2, 0) is 10.0 Å². The Hall–Kier alpha value is -2.59. The molecule has 0 unspecified atom stereocenters. The van der Waals surface area contributed by atoms with E-state index in [4.69, 9.17) is 0 Å². The minimum absolute atomic E-state index is 0.0181. The number of carbonyl (C=O) groups excluding carboxylic acids is 1. The molecular weight excluding hydrogens is 455 g/mol. The molecule has 0 spiro atoms. The average Bonchev–Trinajstić information content (AvgIpc) is 2.85. The lowest BCUT2D eigenvalue weighted by atomic mass is 10.1. The summed E-state index contributed by atoms with van der Waals surface area (Å²) in [7, 11) is -3.86. The topological polar surface area (TPSA) is 69.7 Å². The van der Waals surface area contributed by atoms with Crippen molar-refractivity contribution in [3.05, 3.63) is 53.3 Å². The molecule has 10 heteroatoms. The minimum atomic E-state index is -3.86. The molecule has 0 atom stereocenters. The van der Waals surface area contributed by atoms with E-state index in [1.54, 1.807) is 6.07 Å². The second kappa shape index (κ2) is 9.72. The van der Waals surface area contributed by atoms with Crippen LogP contribution in [0.4, 0.5) is 24.5 Å². The predicted octanol–water partition coefficient (Wildman–Crippen LogP) is 4.52. The van der Waals surface area contributed by atoms with E-state index in [0.29, 0.717) is 37.9 Å². The average molecular weight is 482 g/mol. The van der Waals surface area contributed by atoms with Crippen LogP contribution in [0, 0.1) is 17.5 Å². The van der Waals surface area contributed by atoms with Gasteiger partial charge in [-0.3, -0.25) is 4.79 Å². The molecule has 0 aromatic heterocycles. The third-order valence-electron chi connectivity index (χ3n) is 6.13. The summed E-state index contributed by atoms with van der Waals surface area (Å²) in [5.74, 6) is -5.40. The zero-order chi connectivity index (χ0) is 23.6. The SMILES string of the molecule is O=C(Nc1ccc(F)c(F)c1F)c1ccc(N2CCCCC2)c(S(=O)(=O)N2CCCCC2)c1. The Morgan fingerprint density at radius 3 is 2.12 bits per heavy atom. The lowest BCUT2D eigenvalue weighted by molar-refractivity contribution is 0.102. The van der Waals surface area contributed by atoms with Gasteiger partial charge < -0.3 is 10.2 Å². The van der Waals surface area contributed by atoms with E-state index in [0.717, 1.165) is 44.6 Å². The van der Waals surface area contributed by atoms with Crippen molar-refractivity contribution in [2.75, 3.05) is 36.4 Å². The maximum absolute atomic E-state index is 14.0. The Morgan fingerprint density at radius 2 is 1.45 bits per heavy atom. The summed E-state index contributed by atoms with van der Waals surface area (Å²) in [6.45, 7) is 2.26. The molecule has 1 amide bonds. The summed E-state index contributed by atoms with van der Waals surface area (Å²) in [6.07, 6.45) is 5.47. The zero-order valence-corrected chi connectivity index (χ0v) is 18.9. The van der Waals surface area contributed by atoms with Gasteiger partial charge in [0.05, 0.1) is 11.4 Å². The number of carbonyl (C=O) groups is 1. The largest absolute Gasteiger partial charge is 0.370 e. The number of hydrogen-bond acceptors (Lipinski definition) is 4. The van der Waals surface area contributed by atoms with Crippen LogP contribution < -0.4 is 10.2 Å². The summed E-state index contributed by atoms with van der Waals surface area (Å²) >= 11 is 0. The van der Waals surface area contributed by atoms with Gasteiger partial charge >= 0.3 is 0 Å². The van der Waals surface area contributed by atoms with E-state index in [1.165, 1.54) is 16.4 Å². The molecule has 0 radical (unpaired) electrons. The van der Waals surface area contributed by atoms with Crippen LogP contribution in [0.2, 0.25) is 0 Å². The van der Waals surface area contributed by atoms with Gasteiger partial charge in [0.15, 0.2) is 17.5 Å². The molecule has 0 saturated carbocycles. The van der Waals surface area contributed by atoms with Crippen molar-refractivity contribution >= 4 is 27.3 Å². The van der Waals surface area contributed by atoms with Crippen molar-refractivity contribution in [2.24, 2.45) is 0 Å². The van der Waals surface area contributed by atoms with E-state index < -0.39 is 39.1 Å². The molecule has 4 rings (SSSR count). The lowest BCUT2D eigenvalue weighted by Gasteiger charge is -2.33. The molecule has 2 saturated heterocycles. The van der Waals surface area contributed by atoms with Gasteiger partial charge in [0.2, 0.25) is 10.0 Å². The predicted molar refractivity (Wildman–Crippen MR) is 119 cm³/mol. The Kier molecular flexibility index (Phi) is 6.94. The molecule has 33 heavy (non-hydrogen) atoms. The monoisotopic (exact) mass is 481 g/mol. The number of rotatable bonds is 5. The van der Waals surface area contributed by atoms with Gasteiger partial charge in [-0.05, 0) is 62.4 Å². The van der Waals surface area contributed by atoms with Gasteiger partial charge in [0, 0.05) is 31.7 Å². The number of halogens is 3. The summed E-state index contributed by atoms with van der Waals surface area (Å²) in [5, 5.41) is 2.21. The first kappa shape index (κ1) is 23.6. The molecular formula is C23H26F3N3O3S. The van der Waals surface area contributed by atoms with Gasteiger partial charge in [0.1, 0.15) is 4.90 Å². The molecule has 2 fully saturated rings. The number of nitrogens with one attached hydrogen (secondary N) is 1. The van der Waals surface area contributed by atoms with Gasteiger partial charge in [0.25, 0.3) is 5.91 Å². The molecule has 6 nitrogen and oxygen atoms in total. The first-order valence-electron chi connectivity index (χ1n) is 11.1. The van der Waals surface area contributed by atoms with Gasteiger partial charge in [-0.15, -0.1) is 0 Å². The molecule has 2 aromatic rings. The summed E-state index contributed by atoms with van der Waals surface area (Å²) in [5.41, 5.74) is -0.00856. The number of nitrogens with zero attached hydrogens (tertiary/aromatic N) is 2. The maximum Gasteiger partial charge on any atom is 0.255 e. The van der Waals surface area contributed by atoms with Gasteiger partial charge in [-0.1, -0.05) is 6.42 Å². The number of benzene rings is 2. The second-order valence-electron chi connectivity index (χ2n) is 8.37. The fourth-order valence-electron chi connectivity index (χ4n) is 4.32. The molecule has 0 aliphatic carbocycles. The first-order valence-corrected chi connectivity index (χ1v) is 12.6. The Balaban J connectivity index is 1.70. The van der Waals surface area contributed by atoms with E-state index in [-0.39, 0.29) is 10.5 Å². The molecule has 0 bridgehead atoms. The van der Waals surface area contributed by atoms with Crippen LogP contribution in [0.5, 0.6) is 0 Å². The van der Waals surface area contributed by atoms with E-state index >= 15 is 0 Å². The van der Waals surface area contributed by atoms with Crippen molar-refractivity contribution in [3.63, 3.8) is 0 Å². The minimum Gasteiger partial charge on any atom is -0.370 e. The highest BCUT2D eigenvalue weighted by Crippen LogP contribution is 2.33. The standard InChI is InChI=1S/C23H26F3N3O3S/c24-17-8-9-18(22(26)21(17)25)27-23(30)16-7-10-19(28-11-3-1-4-12-28)20(15-16)33(31,32)29-13-5-2-6-14-29/h7-10,15H,1-6,11-14H2,(H,27,30). The van der Waals surface area contributed by atoms with E-state index in [1.807, 2.05) is 4.90 Å². The molecule has 2 aromatic carbocycles. The number of amides is 1. The Labute approximate surface area is 191 Å². The van der Waals surface area contributed by atoms with Crippen LogP contribution in [0.25, 0.3) is 0 Å². The van der Waals surface area contributed by atoms with Gasteiger partial charge in [-0.25, -0.2) is 21.6 Å². The van der Waals surface area contributed by atoms with Crippen molar-refractivity contribution in [1.29, 1.82) is 0 Å². The molecule has 2 heterocycles. The van der Waals surface area contributed by atoms with Crippen molar-refractivity contribution in [1.82, 2.24) is 4.31 Å². The van der Waals surface area contributed by atoms with E-state index in [9.17, 15) is 26.4 Å². The van der Waals surface area contributed by atoms with Crippen LogP contribution >= 0.6 is 0 Å². The number of piperidine rings is 2. The third-order valence-corrected chi connectivity index (χ3v) is 8.06. The zero-order valence-electron chi connectivity index (χ0n) is 18.1. The van der Waals surface area contributed by atoms with Crippen LogP contribution in [0.1, 0.15) is 48.9 Å². The van der Waals surface area contributed by atoms with Crippen LogP contribution in [-0.4, -0.2) is 44.8 Å². The number of sulfonamides is 1. The molecule has 2 aliphatic heterocycles. The highest BCUT2D eigenvalue weighted by Gasteiger charge is 2.31. The van der Waals surface area contributed by atoms with Gasteiger partial charge in [-0.2, -0.15) is 4.31 Å². The fourth-order valence-corrected chi connectivity index (χ4v) is 6.07. The smallest absolute Gasteiger partial charge is 0.255 e. The Morgan fingerprint density at radius 1 is 0.818 bits per heavy atom. The van der Waals surface area contributed by atoms with Crippen molar-refractivity contribution < 1.29 is 26.4 Å². The van der Waals surface area contributed by atoms with Crippen LogP contribution in [0.15, 0.2) is 35.2 Å². The van der Waals surface area contributed by atoms with E-state index in [2.05, 4.69) is 5.32 Å². The second-order valence-corrected chi connectivity index (χ2v) is 10.3. The normalized spacial score (nSPS) is 17.7. The third kappa shape index (κ3) is 4.86. The van der Waals surface area contributed by atoms with Crippen LogP contribution in [0.3, 0.4) is 0 Å². The first-order chi connectivity index (χ1) is 15.8.